The summed E-state index contributed by atoms with van der Waals surface area (Å²) in [5, 5.41) is 14.3. The third-order valence-electron chi connectivity index (χ3n) is 3.50. The summed E-state index contributed by atoms with van der Waals surface area (Å²) in [6.07, 6.45) is 0.771. The third kappa shape index (κ3) is 2.56. The Morgan fingerprint density at radius 2 is 1.95 bits per heavy atom. The van der Waals surface area contributed by atoms with Crippen molar-refractivity contribution in [2.24, 2.45) is 5.10 Å². The van der Waals surface area contributed by atoms with Gasteiger partial charge in [0.25, 0.3) is 0 Å². The Morgan fingerprint density at radius 1 is 1.20 bits per heavy atom. The molecule has 0 aliphatic carbocycles. The Kier molecular flexibility index (Phi) is 3.49. The molecule has 0 fully saturated rings. The standard InChI is InChI=1S/C16H15BrN2O/c1-10-2-4-11(5-3-10)14-9-15(19-18-14)13-8-12(17)6-7-16(13)20/h2-8,14,18,20H,9H2,1H3/t14-/m0/s1. The van der Waals surface area contributed by atoms with Crippen molar-refractivity contribution in [3.8, 4) is 5.75 Å². The molecule has 2 N–H and O–H groups in total. The predicted octanol–water partition coefficient (Wildman–Crippen LogP) is 3.90. The van der Waals surface area contributed by atoms with Crippen LogP contribution in [-0.4, -0.2) is 10.8 Å². The molecule has 0 aromatic heterocycles. The van der Waals surface area contributed by atoms with Gasteiger partial charge in [-0.05, 0) is 30.7 Å². The maximum Gasteiger partial charge on any atom is 0.124 e. The number of phenols is 1. The number of nitrogens with zero attached hydrogens (tertiary/aromatic N) is 1. The van der Waals surface area contributed by atoms with E-state index in [0.717, 1.165) is 22.2 Å². The molecule has 1 aliphatic heterocycles. The van der Waals surface area contributed by atoms with Gasteiger partial charge in [0.05, 0.1) is 11.8 Å². The van der Waals surface area contributed by atoms with E-state index in [0.29, 0.717) is 0 Å². The third-order valence-corrected chi connectivity index (χ3v) is 4.00. The van der Waals surface area contributed by atoms with Crippen LogP contribution < -0.4 is 5.43 Å². The second-order valence-corrected chi connectivity index (χ2v) is 5.93. The summed E-state index contributed by atoms with van der Waals surface area (Å²) in [5.74, 6) is 0.262. The van der Waals surface area contributed by atoms with Crippen molar-refractivity contribution in [3.63, 3.8) is 0 Å². The molecule has 1 atom stereocenters. The highest BCUT2D eigenvalue weighted by molar-refractivity contribution is 9.10. The Labute approximate surface area is 126 Å². The lowest BCUT2D eigenvalue weighted by Crippen LogP contribution is -2.09. The molecule has 0 radical (unpaired) electrons. The van der Waals surface area contributed by atoms with Crippen molar-refractivity contribution in [2.45, 2.75) is 19.4 Å². The number of hydrogen-bond acceptors (Lipinski definition) is 3. The maximum absolute atomic E-state index is 9.96. The molecule has 2 aromatic rings. The van der Waals surface area contributed by atoms with E-state index in [1.165, 1.54) is 11.1 Å². The molecule has 4 heteroatoms. The number of aryl methyl sites for hydroxylation is 1. The minimum Gasteiger partial charge on any atom is -0.507 e. The van der Waals surface area contributed by atoms with Crippen molar-refractivity contribution >= 4 is 21.6 Å². The molecule has 0 amide bonds. The average Bonchev–Trinajstić information content (AvgIpc) is 2.92. The average molecular weight is 331 g/mol. The Morgan fingerprint density at radius 3 is 2.70 bits per heavy atom. The first-order valence-electron chi connectivity index (χ1n) is 6.51. The molecule has 1 heterocycles. The normalized spacial score (nSPS) is 17.7. The molecule has 102 valence electrons. The smallest absolute Gasteiger partial charge is 0.124 e. The zero-order valence-corrected chi connectivity index (χ0v) is 12.7. The van der Waals surface area contributed by atoms with Crippen LogP contribution in [-0.2, 0) is 0 Å². The van der Waals surface area contributed by atoms with E-state index in [1.807, 2.05) is 12.1 Å². The number of rotatable bonds is 2. The first-order chi connectivity index (χ1) is 9.63. The minimum absolute atomic E-state index is 0.170. The summed E-state index contributed by atoms with van der Waals surface area (Å²) in [6, 6.07) is 14.0. The summed E-state index contributed by atoms with van der Waals surface area (Å²) in [4.78, 5) is 0. The highest BCUT2D eigenvalue weighted by Crippen LogP contribution is 2.29. The summed E-state index contributed by atoms with van der Waals surface area (Å²) in [7, 11) is 0. The van der Waals surface area contributed by atoms with Crippen molar-refractivity contribution in [1.29, 1.82) is 0 Å². The number of phenolic OH excluding ortho intramolecular Hbond substituents is 1. The second-order valence-electron chi connectivity index (χ2n) is 5.02. The summed E-state index contributed by atoms with van der Waals surface area (Å²) in [5.41, 5.74) is 7.27. The van der Waals surface area contributed by atoms with Gasteiger partial charge in [-0.25, -0.2) is 0 Å². The number of halogens is 1. The zero-order chi connectivity index (χ0) is 14.1. The van der Waals surface area contributed by atoms with E-state index in [9.17, 15) is 5.11 Å². The summed E-state index contributed by atoms with van der Waals surface area (Å²) < 4.78 is 0.937. The Hall–Kier alpha value is -1.81. The van der Waals surface area contributed by atoms with Crippen LogP contribution in [0.3, 0.4) is 0 Å². The largest absolute Gasteiger partial charge is 0.507 e. The lowest BCUT2D eigenvalue weighted by atomic mass is 9.98. The molecule has 0 saturated carbocycles. The van der Waals surface area contributed by atoms with Gasteiger partial charge in [0.15, 0.2) is 0 Å². The van der Waals surface area contributed by atoms with E-state index >= 15 is 0 Å². The van der Waals surface area contributed by atoms with E-state index in [-0.39, 0.29) is 11.8 Å². The second kappa shape index (κ2) is 5.29. The topological polar surface area (TPSA) is 44.6 Å². The fraction of sp³-hybridized carbons (Fsp3) is 0.188. The Balaban J connectivity index is 1.82. The van der Waals surface area contributed by atoms with Gasteiger partial charge < -0.3 is 10.5 Å². The molecule has 1 aliphatic rings. The number of benzene rings is 2. The monoisotopic (exact) mass is 330 g/mol. The van der Waals surface area contributed by atoms with E-state index in [4.69, 9.17) is 0 Å². The van der Waals surface area contributed by atoms with Crippen LogP contribution in [0.5, 0.6) is 5.75 Å². The fourth-order valence-electron chi connectivity index (χ4n) is 2.34. The summed E-state index contributed by atoms with van der Waals surface area (Å²) in [6.45, 7) is 2.08. The van der Waals surface area contributed by atoms with Crippen molar-refractivity contribution < 1.29 is 5.11 Å². The van der Waals surface area contributed by atoms with Crippen LogP contribution in [0.25, 0.3) is 0 Å². The van der Waals surface area contributed by atoms with Gasteiger partial charge in [0, 0.05) is 16.5 Å². The number of nitrogens with one attached hydrogen (secondary N) is 1. The van der Waals surface area contributed by atoms with Gasteiger partial charge in [-0.1, -0.05) is 45.8 Å². The van der Waals surface area contributed by atoms with Gasteiger partial charge in [-0.2, -0.15) is 5.10 Å². The molecule has 2 aromatic carbocycles. The first-order valence-corrected chi connectivity index (χ1v) is 7.30. The molecule has 20 heavy (non-hydrogen) atoms. The predicted molar refractivity (Wildman–Crippen MR) is 84.0 cm³/mol. The molecule has 3 nitrogen and oxygen atoms in total. The van der Waals surface area contributed by atoms with Crippen LogP contribution in [0.15, 0.2) is 52.0 Å². The maximum atomic E-state index is 9.96. The fourth-order valence-corrected chi connectivity index (χ4v) is 2.70. The van der Waals surface area contributed by atoms with Gasteiger partial charge in [0.1, 0.15) is 5.75 Å². The van der Waals surface area contributed by atoms with E-state index in [1.54, 1.807) is 6.07 Å². The quantitative estimate of drug-likeness (QED) is 0.877. The van der Waals surface area contributed by atoms with E-state index in [2.05, 4.69) is 57.6 Å². The zero-order valence-electron chi connectivity index (χ0n) is 11.1. The number of aromatic hydroxyl groups is 1. The van der Waals surface area contributed by atoms with Crippen LogP contribution in [0.2, 0.25) is 0 Å². The van der Waals surface area contributed by atoms with Crippen molar-refractivity contribution in [1.82, 2.24) is 5.43 Å². The van der Waals surface area contributed by atoms with Crippen LogP contribution in [0.4, 0.5) is 0 Å². The molecule has 0 bridgehead atoms. The van der Waals surface area contributed by atoms with Gasteiger partial charge in [0.2, 0.25) is 0 Å². The van der Waals surface area contributed by atoms with Crippen LogP contribution in [0, 0.1) is 6.92 Å². The van der Waals surface area contributed by atoms with Gasteiger partial charge in [-0.3, -0.25) is 0 Å². The van der Waals surface area contributed by atoms with Crippen LogP contribution >= 0.6 is 15.9 Å². The summed E-state index contributed by atoms with van der Waals surface area (Å²) >= 11 is 3.42. The van der Waals surface area contributed by atoms with Gasteiger partial charge >= 0.3 is 0 Å². The van der Waals surface area contributed by atoms with E-state index < -0.39 is 0 Å². The number of hydrogen-bond donors (Lipinski definition) is 2. The minimum atomic E-state index is 0.170. The highest BCUT2D eigenvalue weighted by Gasteiger charge is 2.22. The first kappa shape index (κ1) is 13.2. The number of hydrazone groups is 1. The SMILES string of the molecule is Cc1ccc([C@@H]2CC(c3cc(Br)ccc3O)=NN2)cc1. The molecular formula is C16H15BrN2O. The lowest BCUT2D eigenvalue weighted by molar-refractivity contribution is 0.474. The lowest BCUT2D eigenvalue weighted by Gasteiger charge is -2.10. The van der Waals surface area contributed by atoms with Crippen LogP contribution in [0.1, 0.15) is 29.2 Å². The molecule has 3 rings (SSSR count). The highest BCUT2D eigenvalue weighted by atomic mass is 79.9. The molecule has 0 unspecified atom stereocenters. The van der Waals surface area contributed by atoms with Crippen molar-refractivity contribution in [2.75, 3.05) is 0 Å². The van der Waals surface area contributed by atoms with Gasteiger partial charge in [-0.15, -0.1) is 0 Å². The molecule has 0 spiro atoms. The molecular weight excluding hydrogens is 316 g/mol. The van der Waals surface area contributed by atoms with Crippen molar-refractivity contribution in [3.05, 3.63) is 63.6 Å². The molecule has 0 saturated heterocycles. The Bertz CT molecular complexity index is 665.